The quantitative estimate of drug-likeness (QED) is 0.0169. The zero-order valence-corrected chi connectivity index (χ0v) is 61.5. The van der Waals surface area contributed by atoms with Gasteiger partial charge in [-0.3, -0.25) is 37.3 Å². The molecule has 0 saturated heterocycles. The average molecular weight is 1390 g/mol. The number of unbranched alkanes of at least 4 members (excludes halogenated alkanes) is 22. The monoisotopic (exact) mass is 1390 g/mol. The van der Waals surface area contributed by atoms with Crippen LogP contribution in [0.15, 0.2) is 122 Å². The first-order valence-corrected chi connectivity index (χ1v) is 39.8. The van der Waals surface area contributed by atoms with Crippen molar-refractivity contribution in [1.29, 1.82) is 0 Å². The van der Waals surface area contributed by atoms with Crippen LogP contribution in [0.25, 0.3) is 0 Å². The number of allylic oxidation sites excluding steroid dienone is 20. The number of ether oxygens (including phenoxy) is 4. The number of aliphatic hydroxyl groups excluding tert-OH is 1. The van der Waals surface area contributed by atoms with E-state index < -0.39 is 97.5 Å². The normalized spacial score (nSPS) is 14.7. The van der Waals surface area contributed by atoms with Gasteiger partial charge in [-0.2, -0.15) is 0 Å². The van der Waals surface area contributed by atoms with Crippen LogP contribution in [0.5, 0.6) is 0 Å². The summed E-state index contributed by atoms with van der Waals surface area (Å²) in [6, 6.07) is 0. The average Bonchev–Trinajstić information content (AvgIpc) is 2.18. The standard InChI is InChI=1S/C77H130O17P2/c1-5-9-13-17-21-25-29-32-34-35-37-39-43-46-50-54-58-62-75(80)88-68-73(94-77(82)64-60-56-52-48-44-40-36-33-30-26-22-18-14-10-6-2)70-92-96(85,86)90-66-71(78)65-89-95(83,84)91-69-72(93-76(81)63-59-55-51-47-41-28-24-20-16-12-8-4)67-87-74(79)61-57-53-49-45-42-38-31-27-23-19-15-11-7-3/h9,13,15,19-22,24-27,31-34,36-37,39,46,50,71-73,78H,5-8,10-12,14,16-18,23,28-30,35,38,40-45,47-49,51-70H2,1-4H3,(H,83,84)(H,85,86)/b13-9-,19-15-,24-20-,25-21-,26-22-,31-27-,34-32-,36-33-,39-37-,50-46-. The van der Waals surface area contributed by atoms with Gasteiger partial charge in [0.1, 0.15) is 19.3 Å². The van der Waals surface area contributed by atoms with Crippen molar-refractivity contribution in [3.05, 3.63) is 122 Å². The highest BCUT2D eigenvalue weighted by atomic mass is 31.2. The summed E-state index contributed by atoms with van der Waals surface area (Å²) in [5, 5.41) is 10.6. The molecule has 0 heterocycles. The lowest BCUT2D eigenvalue weighted by Crippen LogP contribution is -2.30. The third-order valence-corrected chi connectivity index (χ3v) is 16.8. The molecule has 17 nitrogen and oxygen atoms in total. The van der Waals surface area contributed by atoms with Crippen LogP contribution < -0.4 is 0 Å². The van der Waals surface area contributed by atoms with E-state index >= 15 is 0 Å². The lowest BCUT2D eigenvalue weighted by Gasteiger charge is -2.21. The number of carbonyl (C=O) groups is 4. The minimum Gasteiger partial charge on any atom is -0.462 e. The second kappa shape index (κ2) is 69.0. The fourth-order valence-corrected chi connectivity index (χ4v) is 10.8. The second-order valence-corrected chi connectivity index (χ2v) is 27.0. The minimum absolute atomic E-state index is 0.0640. The minimum atomic E-state index is -4.99. The van der Waals surface area contributed by atoms with Crippen LogP contribution in [0.4, 0.5) is 0 Å². The van der Waals surface area contributed by atoms with Crippen molar-refractivity contribution in [1.82, 2.24) is 0 Å². The number of aliphatic hydroxyl groups is 1. The van der Waals surface area contributed by atoms with Crippen LogP contribution in [0.1, 0.15) is 285 Å². The maximum atomic E-state index is 13.1. The molecule has 0 aliphatic rings. The van der Waals surface area contributed by atoms with E-state index in [2.05, 4.69) is 137 Å². The zero-order valence-electron chi connectivity index (χ0n) is 59.8. The maximum Gasteiger partial charge on any atom is 0.472 e. The lowest BCUT2D eigenvalue weighted by molar-refractivity contribution is -0.161. The summed E-state index contributed by atoms with van der Waals surface area (Å²) in [6.07, 6.45) is 73.5. The molecule has 0 saturated carbocycles. The molecule has 550 valence electrons. The molecule has 0 aromatic heterocycles. The van der Waals surface area contributed by atoms with Crippen molar-refractivity contribution in [2.45, 2.75) is 303 Å². The molecule has 5 unspecified atom stereocenters. The molecule has 0 spiro atoms. The smallest absolute Gasteiger partial charge is 0.462 e. The van der Waals surface area contributed by atoms with Gasteiger partial charge in [0.15, 0.2) is 12.2 Å². The summed E-state index contributed by atoms with van der Waals surface area (Å²) in [5.41, 5.74) is 0. The van der Waals surface area contributed by atoms with Crippen molar-refractivity contribution in [2.75, 3.05) is 39.6 Å². The predicted molar refractivity (Wildman–Crippen MR) is 390 cm³/mol. The Bertz CT molecular complexity index is 2300. The summed E-state index contributed by atoms with van der Waals surface area (Å²) in [4.78, 5) is 72.7. The Morgan fingerprint density at radius 3 is 0.958 bits per heavy atom. The van der Waals surface area contributed by atoms with Gasteiger partial charge in [-0.1, -0.05) is 239 Å². The van der Waals surface area contributed by atoms with Gasteiger partial charge in [0.25, 0.3) is 0 Å². The molecular formula is C77H130O17P2. The number of phosphoric ester groups is 2. The van der Waals surface area contributed by atoms with Crippen LogP contribution in [0.2, 0.25) is 0 Å². The fraction of sp³-hybridized carbons (Fsp3) is 0.688. The van der Waals surface area contributed by atoms with Gasteiger partial charge < -0.3 is 33.8 Å². The van der Waals surface area contributed by atoms with Crippen LogP contribution in [0, 0.1) is 0 Å². The van der Waals surface area contributed by atoms with Crippen molar-refractivity contribution in [3.8, 4) is 0 Å². The summed E-state index contributed by atoms with van der Waals surface area (Å²) < 4.78 is 68.2. The molecule has 0 fully saturated rings. The Hall–Kier alpha value is -4.54. The van der Waals surface area contributed by atoms with Crippen LogP contribution >= 0.6 is 15.6 Å². The molecule has 0 radical (unpaired) electrons. The number of rotatable bonds is 68. The highest BCUT2D eigenvalue weighted by molar-refractivity contribution is 7.47. The second-order valence-electron chi connectivity index (χ2n) is 24.1. The van der Waals surface area contributed by atoms with E-state index in [1.165, 1.54) is 32.1 Å². The zero-order chi connectivity index (χ0) is 70.4. The largest absolute Gasteiger partial charge is 0.472 e. The summed E-state index contributed by atoms with van der Waals surface area (Å²) in [6.45, 7) is 4.50. The van der Waals surface area contributed by atoms with Crippen LogP contribution in [-0.4, -0.2) is 96.7 Å². The molecule has 3 N–H and O–H groups in total. The molecule has 0 aliphatic heterocycles. The number of carbonyl (C=O) groups excluding carboxylic acids is 4. The van der Waals surface area contributed by atoms with Gasteiger partial charge in [0, 0.05) is 25.7 Å². The Labute approximate surface area is 581 Å². The molecule has 0 aromatic carbocycles. The third kappa shape index (κ3) is 68.0. The van der Waals surface area contributed by atoms with Gasteiger partial charge >= 0.3 is 39.5 Å². The SMILES string of the molecule is CC/C=C\C/C=C\C/C=C\C/C=C\C/C=C\CCCC(=O)OCC(COP(=O)(O)OCC(O)COP(=O)(O)OCC(COC(=O)CCCCCCC/C=C\C/C=C\CCC)OC(=O)CCCCCCC/C=C\CCCC)OC(=O)CCCCCCC/C=C\C/C=C\CCCCC. The van der Waals surface area contributed by atoms with E-state index in [1.807, 2.05) is 12.2 Å². The molecule has 0 rings (SSSR count). The Balaban J connectivity index is 5.41. The maximum absolute atomic E-state index is 13.1. The van der Waals surface area contributed by atoms with E-state index in [4.69, 9.17) is 37.0 Å². The van der Waals surface area contributed by atoms with E-state index in [0.717, 1.165) is 167 Å². The Kier molecular flexibility index (Phi) is 65.7. The van der Waals surface area contributed by atoms with Crippen LogP contribution in [-0.2, 0) is 65.4 Å². The number of esters is 4. The Morgan fingerprint density at radius 2 is 0.583 bits per heavy atom. The van der Waals surface area contributed by atoms with E-state index in [0.29, 0.717) is 32.1 Å². The molecule has 0 aromatic rings. The summed E-state index contributed by atoms with van der Waals surface area (Å²) >= 11 is 0. The highest BCUT2D eigenvalue weighted by Crippen LogP contribution is 2.45. The van der Waals surface area contributed by atoms with Crippen molar-refractivity contribution < 1.29 is 80.2 Å². The number of hydrogen-bond acceptors (Lipinski definition) is 15. The van der Waals surface area contributed by atoms with Crippen molar-refractivity contribution in [3.63, 3.8) is 0 Å². The predicted octanol–water partition coefficient (Wildman–Crippen LogP) is 20.8. The molecule has 0 amide bonds. The van der Waals surface area contributed by atoms with Gasteiger partial charge in [-0.15, -0.1) is 0 Å². The Morgan fingerprint density at radius 1 is 0.302 bits per heavy atom. The summed E-state index contributed by atoms with van der Waals surface area (Å²) in [5.74, 6) is -2.29. The van der Waals surface area contributed by atoms with E-state index in [-0.39, 0.29) is 25.7 Å². The van der Waals surface area contributed by atoms with Gasteiger partial charge in [-0.05, 0) is 141 Å². The summed E-state index contributed by atoms with van der Waals surface area (Å²) in [7, 11) is -9.97. The molecule has 19 heteroatoms. The van der Waals surface area contributed by atoms with Gasteiger partial charge in [0.05, 0.1) is 26.4 Å². The molecule has 0 bridgehead atoms. The first kappa shape index (κ1) is 91.5. The van der Waals surface area contributed by atoms with Crippen LogP contribution in [0.3, 0.4) is 0 Å². The van der Waals surface area contributed by atoms with Crippen molar-refractivity contribution in [2.24, 2.45) is 0 Å². The first-order valence-electron chi connectivity index (χ1n) is 36.8. The van der Waals surface area contributed by atoms with Crippen molar-refractivity contribution >= 4 is 39.5 Å². The van der Waals surface area contributed by atoms with E-state index in [9.17, 15) is 43.2 Å². The van der Waals surface area contributed by atoms with Gasteiger partial charge in [-0.25, -0.2) is 9.13 Å². The van der Waals surface area contributed by atoms with E-state index in [1.54, 1.807) is 0 Å². The molecule has 96 heavy (non-hydrogen) atoms. The number of hydrogen-bond donors (Lipinski definition) is 3. The first-order chi connectivity index (χ1) is 46.7. The fourth-order valence-electron chi connectivity index (χ4n) is 9.24. The number of phosphoric acid groups is 2. The highest BCUT2D eigenvalue weighted by Gasteiger charge is 2.30. The molecule has 0 aliphatic carbocycles. The molecular weight excluding hydrogens is 1260 g/mol. The van der Waals surface area contributed by atoms with Gasteiger partial charge in [0.2, 0.25) is 0 Å². The topological polar surface area (TPSA) is 237 Å². The molecule has 5 atom stereocenters. The third-order valence-electron chi connectivity index (χ3n) is 14.9. The lowest BCUT2D eigenvalue weighted by atomic mass is 10.1.